The average molecular weight is 223 g/mol. The topological polar surface area (TPSA) is 65.4 Å². The van der Waals surface area contributed by atoms with E-state index in [-0.39, 0.29) is 24.0 Å². The van der Waals surface area contributed by atoms with E-state index in [2.05, 4.69) is 11.4 Å². The Kier molecular flexibility index (Phi) is 3.42. The summed E-state index contributed by atoms with van der Waals surface area (Å²) in [6, 6.07) is 1.85. The van der Waals surface area contributed by atoms with Crippen molar-refractivity contribution in [3.8, 4) is 6.07 Å². The lowest BCUT2D eigenvalue weighted by atomic mass is 10.0. The SMILES string of the molecule is CC1CC(C(=O)N2CCNCC2C#N)CO1. The molecule has 2 fully saturated rings. The lowest BCUT2D eigenvalue weighted by Crippen LogP contribution is -2.54. The smallest absolute Gasteiger partial charge is 0.229 e. The number of hydrogen-bond donors (Lipinski definition) is 1. The van der Waals surface area contributed by atoms with Crippen molar-refractivity contribution in [3.63, 3.8) is 0 Å². The maximum absolute atomic E-state index is 12.2. The van der Waals surface area contributed by atoms with E-state index in [0.29, 0.717) is 19.7 Å². The van der Waals surface area contributed by atoms with Gasteiger partial charge in [-0.2, -0.15) is 5.26 Å². The summed E-state index contributed by atoms with van der Waals surface area (Å²) in [5.74, 6) is 0.0290. The summed E-state index contributed by atoms with van der Waals surface area (Å²) in [5.41, 5.74) is 0. The molecule has 0 saturated carbocycles. The molecule has 2 aliphatic heterocycles. The van der Waals surface area contributed by atoms with Crippen LogP contribution in [0.2, 0.25) is 0 Å². The largest absolute Gasteiger partial charge is 0.378 e. The number of nitrogens with one attached hydrogen (secondary N) is 1. The minimum atomic E-state index is -0.322. The number of carbonyl (C=O) groups excluding carboxylic acids is 1. The van der Waals surface area contributed by atoms with Crippen LogP contribution in [0.4, 0.5) is 0 Å². The summed E-state index contributed by atoms with van der Waals surface area (Å²) in [5, 5.41) is 12.1. The van der Waals surface area contributed by atoms with Crippen molar-refractivity contribution in [1.82, 2.24) is 10.2 Å². The van der Waals surface area contributed by atoms with E-state index >= 15 is 0 Å². The second kappa shape index (κ2) is 4.81. The second-order valence-corrected chi connectivity index (χ2v) is 4.46. The first-order valence-corrected chi connectivity index (χ1v) is 5.74. The van der Waals surface area contributed by atoms with Gasteiger partial charge < -0.3 is 15.0 Å². The summed E-state index contributed by atoms with van der Waals surface area (Å²) in [4.78, 5) is 13.9. The number of rotatable bonds is 1. The zero-order chi connectivity index (χ0) is 11.5. The molecule has 2 rings (SSSR count). The molecule has 5 nitrogen and oxygen atoms in total. The van der Waals surface area contributed by atoms with Crippen LogP contribution in [-0.2, 0) is 9.53 Å². The number of piperazine rings is 1. The average Bonchev–Trinajstić information content (AvgIpc) is 2.75. The van der Waals surface area contributed by atoms with E-state index < -0.39 is 0 Å². The molecule has 0 aliphatic carbocycles. The van der Waals surface area contributed by atoms with Crippen LogP contribution in [0.25, 0.3) is 0 Å². The third-order valence-corrected chi connectivity index (χ3v) is 3.22. The second-order valence-electron chi connectivity index (χ2n) is 4.46. The van der Waals surface area contributed by atoms with E-state index in [1.165, 1.54) is 0 Å². The molecular formula is C11H17N3O2. The molecule has 2 saturated heterocycles. The van der Waals surface area contributed by atoms with Crippen molar-refractivity contribution in [1.29, 1.82) is 5.26 Å². The molecule has 0 aromatic rings. The van der Waals surface area contributed by atoms with Gasteiger partial charge in [0.1, 0.15) is 6.04 Å². The van der Waals surface area contributed by atoms with E-state index in [9.17, 15) is 4.79 Å². The van der Waals surface area contributed by atoms with Crippen molar-refractivity contribution in [2.75, 3.05) is 26.2 Å². The molecule has 0 radical (unpaired) electrons. The van der Waals surface area contributed by atoms with Crippen LogP contribution >= 0.6 is 0 Å². The Morgan fingerprint density at radius 3 is 3.06 bits per heavy atom. The lowest BCUT2D eigenvalue weighted by molar-refractivity contribution is -0.137. The first-order valence-electron chi connectivity index (χ1n) is 5.74. The van der Waals surface area contributed by atoms with Crippen LogP contribution in [-0.4, -0.2) is 49.2 Å². The molecule has 1 amide bonds. The minimum Gasteiger partial charge on any atom is -0.378 e. The van der Waals surface area contributed by atoms with E-state index in [1.807, 2.05) is 6.92 Å². The summed E-state index contributed by atoms with van der Waals surface area (Å²) >= 11 is 0. The maximum atomic E-state index is 12.2. The Balaban J connectivity index is 2.00. The van der Waals surface area contributed by atoms with Crippen molar-refractivity contribution < 1.29 is 9.53 Å². The fourth-order valence-electron chi connectivity index (χ4n) is 2.31. The van der Waals surface area contributed by atoms with Crippen molar-refractivity contribution in [2.45, 2.75) is 25.5 Å². The number of carbonyl (C=O) groups is 1. The van der Waals surface area contributed by atoms with Crippen LogP contribution in [0.15, 0.2) is 0 Å². The van der Waals surface area contributed by atoms with Crippen molar-refractivity contribution in [3.05, 3.63) is 0 Å². The molecule has 1 N–H and O–H groups in total. The third kappa shape index (κ3) is 2.18. The molecule has 2 aliphatic rings. The van der Waals surface area contributed by atoms with Gasteiger partial charge in [0.25, 0.3) is 0 Å². The number of amides is 1. The van der Waals surface area contributed by atoms with Crippen LogP contribution in [0.5, 0.6) is 0 Å². The van der Waals surface area contributed by atoms with Crippen LogP contribution in [0, 0.1) is 17.2 Å². The highest BCUT2D eigenvalue weighted by molar-refractivity contribution is 5.80. The summed E-state index contributed by atoms with van der Waals surface area (Å²) in [6.07, 6.45) is 0.943. The number of ether oxygens (including phenoxy) is 1. The predicted octanol–water partition coefficient (Wildman–Crippen LogP) is -0.265. The van der Waals surface area contributed by atoms with Gasteiger partial charge in [-0.25, -0.2) is 0 Å². The fourth-order valence-corrected chi connectivity index (χ4v) is 2.31. The molecule has 16 heavy (non-hydrogen) atoms. The molecule has 88 valence electrons. The Hall–Kier alpha value is -1.12. The van der Waals surface area contributed by atoms with Gasteiger partial charge in [0.2, 0.25) is 5.91 Å². The third-order valence-electron chi connectivity index (χ3n) is 3.22. The first-order chi connectivity index (χ1) is 7.72. The Morgan fingerprint density at radius 2 is 2.44 bits per heavy atom. The lowest BCUT2D eigenvalue weighted by Gasteiger charge is -2.33. The molecule has 0 aromatic carbocycles. The predicted molar refractivity (Wildman–Crippen MR) is 57.5 cm³/mol. The monoisotopic (exact) mass is 223 g/mol. The highest BCUT2D eigenvalue weighted by atomic mass is 16.5. The van der Waals surface area contributed by atoms with Gasteiger partial charge >= 0.3 is 0 Å². The van der Waals surface area contributed by atoms with Crippen LogP contribution < -0.4 is 5.32 Å². The minimum absolute atomic E-state index is 0.0519. The quantitative estimate of drug-likeness (QED) is 0.665. The molecule has 5 heteroatoms. The van der Waals surface area contributed by atoms with Gasteiger partial charge in [0.15, 0.2) is 0 Å². The number of nitrogens with zero attached hydrogens (tertiary/aromatic N) is 2. The molecular weight excluding hydrogens is 206 g/mol. The highest BCUT2D eigenvalue weighted by Crippen LogP contribution is 2.22. The van der Waals surface area contributed by atoms with E-state index in [4.69, 9.17) is 10.00 Å². The fraction of sp³-hybridized carbons (Fsp3) is 0.818. The van der Waals surface area contributed by atoms with Crippen LogP contribution in [0.3, 0.4) is 0 Å². The first kappa shape index (κ1) is 11.4. The molecule has 3 atom stereocenters. The van der Waals surface area contributed by atoms with Crippen molar-refractivity contribution >= 4 is 5.91 Å². The Morgan fingerprint density at radius 1 is 1.62 bits per heavy atom. The molecule has 0 aromatic heterocycles. The van der Waals surface area contributed by atoms with Gasteiger partial charge in [-0.1, -0.05) is 0 Å². The molecule has 2 heterocycles. The highest BCUT2D eigenvalue weighted by Gasteiger charge is 2.35. The van der Waals surface area contributed by atoms with Gasteiger partial charge in [-0.15, -0.1) is 0 Å². The normalized spacial score (nSPS) is 34.8. The van der Waals surface area contributed by atoms with Gasteiger partial charge in [0.05, 0.1) is 24.7 Å². The summed E-state index contributed by atoms with van der Waals surface area (Å²) < 4.78 is 5.40. The zero-order valence-electron chi connectivity index (χ0n) is 9.48. The zero-order valence-corrected chi connectivity index (χ0v) is 9.48. The van der Waals surface area contributed by atoms with E-state index in [1.54, 1.807) is 4.90 Å². The van der Waals surface area contributed by atoms with Crippen LogP contribution in [0.1, 0.15) is 13.3 Å². The summed E-state index contributed by atoms with van der Waals surface area (Å²) in [6.45, 7) is 4.45. The Labute approximate surface area is 95.4 Å². The number of nitriles is 1. The molecule has 3 unspecified atom stereocenters. The molecule has 0 bridgehead atoms. The maximum Gasteiger partial charge on any atom is 0.229 e. The standard InChI is InChI=1S/C11H17N3O2/c1-8-4-9(7-16-8)11(15)14-3-2-13-6-10(14)5-12/h8-10,13H,2-4,6-7H2,1H3. The molecule has 0 spiro atoms. The van der Waals surface area contributed by atoms with Gasteiger partial charge in [0, 0.05) is 19.6 Å². The van der Waals surface area contributed by atoms with Crippen molar-refractivity contribution in [2.24, 2.45) is 5.92 Å². The van der Waals surface area contributed by atoms with Gasteiger partial charge in [-0.05, 0) is 13.3 Å². The summed E-state index contributed by atoms with van der Waals surface area (Å²) in [7, 11) is 0. The number of hydrogen-bond acceptors (Lipinski definition) is 4. The van der Waals surface area contributed by atoms with E-state index in [0.717, 1.165) is 13.0 Å². The van der Waals surface area contributed by atoms with Gasteiger partial charge in [-0.3, -0.25) is 4.79 Å². The Bertz CT molecular complexity index is 313.